The van der Waals surface area contributed by atoms with Gasteiger partial charge in [-0.1, -0.05) is 31.8 Å². The minimum absolute atomic E-state index is 0.568. The third-order valence-electron chi connectivity index (χ3n) is 4.81. The molecule has 0 amide bonds. The van der Waals surface area contributed by atoms with Gasteiger partial charge in [-0.2, -0.15) is 0 Å². The molecule has 0 spiro atoms. The summed E-state index contributed by atoms with van der Waals surface area (Å²) in [6.07, 6.45) is 6.34. The number of benzene rings is 1. The van der Waals surface area contributed by atoms with Gasteiger partial charge in [-0.3, -0.25) is 0 Å². The molecule has 0 radical (unpaired) electrons. The zero-order valence-electron chi connectivity index (χ0n) is 16.6. The first-order valence-electron chi connectivity index (χ1n) is 9.38. The lowest BCUT2D eigenvalue weighted by Crippen LogP contribution is -2.21. The van der Waals surface area contributed by atoms with E-state index in [4.69, 9.17) is 14.5 Å². The lowest BCUT2D eigenvalue weighted by Gasteiger charge is -2.19. The number of aromatic nitrogens is 2. The van der Waals surface area contributed by atoms with Crippen molar-refractivity contribution >= 4 is 13.6 Å². The molecular weight excluding hydrogens is 340 g/mol. The molecule has 1 aliphatic carbocycles. The smallest absolute Gasteiger partial charge is 0.138 e. The zero-order chi connectivity index (χ0) is 18.7. The molecule has 0 atom stereocenters. The Bertz CT molecular complexity index is 803. The highest BCUT2D eigenvalue weighted by Gasteiger charge is 2.19. The van der Waals surface area contributed by atoms with Crippen LogP contribution in [0.2, 0.25) is 25.7 Å². The molecule has 0 saturated carbocycles. The maximum atomic E-state index is 5.83. The van der Waals surface area contributed by atoms with Gasteiger partial charge in [0.25, 0.3) is 0 Å². The van der Waals surface area contributed by atoms with E-state index in [1.54, 1.807) is 7.11 Å². The van der Waals surface area contributed by atoms with Gasteiger partial charge >= 0.3 is 0 Å². The number of hydrogen-bond acceptors (Lipinski definition) is 3. The summed E-state index contributed by atoms with van der Waals surface area (Å²) in [5, 5.41) is 0. The van der Waals surface area contributed by atoms with Crippen molar-refractivity contribution in [3.63, 3.8) is 0 Å². The van der Waals surface area contributed by atoms with Crippen molar-refractivity contribution in [1.29, 1.82) is 0 Å². The van der Waals surface area contributed by atoms with Gasteiger partial charge in [0.05, 0.1) is 19.4 Å². The molecule has 4 nitrogen and oxygen atoms in total. The third kappa shape index (κ3) is 4.46. The first-order valence-corrected chi connectivity index (χ1v) is 13.1. The zero-order valence-corrected chi connectivity index (χ0v) is 17.6. The Morgan fingerprint density at radius 2 is 2.04 bits per heavy atom. The van der Waals surface area contributed by atoms with Crippen molar-refractivity contribution in [3.05, 3.63) is 52.6 Å². The van der Waals surface area contributed by atoms with Crippen molar-refractivity contribution in [1.82, 2.24) is 9.97 Å². The summed E-state index contributed by atoms with van der Waals surface area (Å²) in [7, 11) is 0.681. The number of nitrogens with zero attached hydrogens (tertiary/aromatic N) is 1. The Kier molecular flexibility index (Phi) is 5.68. The van der Waals surface area contributed by atoms with Crippen LogP contribution >= 0.6 is 0 Å². The average Bonchev–Trinajstić information content (AvgIpc) is 3.05. The van der Waals surface area contributed by atoms with E-state index >= 15 is 0 Å². The second-order valence-corrected chi connectivity index (χ2v) is 13.9. The molecule has 0 aliphatic heterocycles. The summed E-state index contributed by atoms with van der Waals surface area (Å²) in [5.74, 6) is 1.85. The maximum absolute atomic E-state index is 5.83. The van der Waals surface area contributed by atoms with Crippen LogP contribution in [0.25, 0.3) is 5.57 Å². The van der Waals surface area contributed by atoms with Gasteiger partial charge in [-0.05, 0) is 48.6 Å². The number of hydrogen-bond donors (Lipinski definition) is 1. The maximum Gasteiger partial charge on any atom is 0.138 e. The second kappa shape index (κ2) is 7.80. The molecule has 1 aromatic heterocycles. The van der Waals surface area contributed by atoms with Crippen molar-refractivity contribution < 1.29 is 9.47 Å². The van der Waals surface area contributed by atoms with Gasteiger partial charge in [0.1, 0.15) is 11.6 Å². The molecule has 140 valence electrons. The quantitative estimate of drug-likeness (QED) is 0.553. The van der Waals surface area contributed by atoms with Crippen molar-refractivity contribution in [3.8, 4) is 5.75 Å². The molecule has 0 unspecified atom stereocenters. The summed E-state index contributed by atoms with van der Waals surface area (Å²) in [6.45, 7) is 10.6. The Morgan fingerprint density at radius 3 is 2.77 bits per heavy atom. The van der Waals surface area contributed by atoms with Crippen LogP contribution in [-0.4, -0.2) is 31.8 Å². The molecule has 1 heterocycles. The number of ether oxygens (including phenoxy) is 2. The number of methoxy groups -OCH3 is 1. The Hall–Kier alpha value is -1.85. The largest absolute Gasteiger partial charge is 0.496 e. The summed E-state index contributed by atoms with van der Waals surface area (Å²) in [5.41, 5.74) is 5.90. The molecule has 5 heteroatoms. The average molecular weight is 371 g/mol. The monoisotopic (exact) mass is 370 g/mol. The van der Waals surface area contributed by atoms with E-state index in [1.807, 2.05) is 6.20 Å². The van der Waals surface area contributed by atoms with Crippen LogP contribution in [0.3, 0.4) is 0 Å². The van der Waals surface area contributed by atoms with E-state index in [1.165, 1.54) is 22.7 Å². The van der Waals surface area contributed by atoms with Crippen LogP contribution < -0.4 is 4.74 Å². The minimum atomic E-state index is -1.04. The van der Waals surface area contributed by atoms with Gasteiger partial charge < -0.3 is 14.5 Å². The van der Waals surface area contributed by atoms with Crippen LogP contribution in [0.5, 0.6) is 5.75 Å². The highest BCUT2D eigenvalue weighted by molar-refractivity contribution is 6.76. The van der Waals surface area contributed by atoms with E-state index in [2.05, 4.69) is 49.8 Å². The SMILES string of the molecule is COc1cc2c(cc1C)CCC=C2c1nc(COCC[Si](C)(C)C)c[nH]1. The van der Waals surface area contributed by atoms with Crippen molar-refractivity contribution in [2.45, 2.75) is 52.1 Å². The van der Waals surface area contributed by atoms with Crippen molar-refractivity contribution in [2.75, 3.05) is 13.7 Å². The van der Waals surface area contributed by atoms with Crippen LogP contribution in [0.15, 0.2) is 24.4 Å². The van der Waals surface area contributed by atoms with E-state index in [9.17, 15) is 0 Å². The number of rotatable bonds is 7. The standard InChI is InChI=1S/C21H30N2O2Si/c1-15-11-16-7-6-8-18(19(16)12-20(15)24-2)21-22-13-17(23-21)14-25-9-10-26(3,4)5/h8,11-13H,6-7,9-10,14H2,1-5H3,(H,22,23). The van der Waals surface area contributed by atoms with Gasteiger partial charge in [-0.25, -0.2) is 4.98 Å². The first-order chi connectivity index (χ1) is 12.4. The van der Waals surface area contributed by atoms with Crippen molar-refractivity contribution in [2.24, 2.45) is 0 Å². The molecule has 1 aromatic carbocycles. The second-order valence-electron chi connectivity index (χ2n) is 8.24. The minimum Gasteiger partial charge on any atom is -0.496 e. The van der Waals surface area contributed by atoms with E-state index in [0.29, 0.717) is 6.61 Å². The fourth-order valence-electron chi connectivity index (χ4n) is 3.26. The number of H-pyrrole nitrogens is 1. The fraction of sp³-hybridized carbons (Fsp3) is 0.476. The van der Waals surface area contributed by atoms with Crippen LogP contribution in [-0.2, 0) is 17.8 Å². The third-order valence-corrected chi connectivity index (χ3v) is 6.51. The van der Waals surface area contributed by atoms with Crippen LogP contribution in [0.1, 0.15) is 34.6 Å². The molecule has 26 heavy (non-hydrogen) atoms. The molecule has 0 fully saturated rings. The van der Waals surface area contributed by atoms with E-state index in [0.717, 1.165) is 42.3 Å². The summed E-state index contributed by atoms with van der Waals surface area (Å²) < 4.78 is 11.3. The molecule has 1 N–H and O–H groups in total. The Balaban J connectivity index is 1.73. The van der Waals surface area contributed by atoms with E-state index in [-0.39, 0.29) is 0 Å². The number of aromatic amines is 1. The predicted octanol–water partition coefficient (Wildman–Crippen LogP) is 4.96. The molecule has 0 saturated heterocycles. The van der Waals surface area contributed by atoms with Crippen LogP contribution in [0, 0.1) is 6.92 Å². The van der Waals surface area contributed by atoms with E-state index < -0.39 is 8.07 Å². The van der Waals surface area contributed by atoms with Gasteiger partial charge in [-0.15, -0.1) is 0 Å². The van der Waals surface area contributed by atoms with Gasteiger partial charge in [0.15, 0.2) is 0 Å². The summed E-state index contributed by atoms with van der Waals surface area (Å²) in [6, 6.07) is 5.56. The first kappa shape index (κ1) is 18.9. The topological polar surface area (TPSA) is 47.1 Å². The Morgan fingerprint density at radius 1 is 1.23 bits per heavy atom. The van der Waals surface area contributed by atoms with Gasteiger partial charge in [0.2, 0.25) is 0 Å². The lowest BCUT2D eigenvalue weighted by molar-refractivity contribution is 0.131. The number of imidazole rings is 1. The molecule has 0 bridgehead atoms. The number of allylic oxidation sites excluding steroid dienone is 1. The number of nitrogens with one attached hydrogen (secondary N) is 1. The van der Waals surface area contributed by atoms with Gasteiger partial charge in [0, 0.05) is 26.5 Å². The molecule has 2 aromatic rings. The molecular formula is C21H30N2O2Si. The summed E-state index contributed by atoms with van der Waals surface area (Å²) >= 11 is 0. The fourth-order valence-corrected chi connectivity index (χ4v) is 4.02. The number of aryl methyl sites for hydroxylation is 2. The normalized spacial score (nSPS) is 14.1. The molecule has 3 rings (SSSR count). The number of fused-ring (bicyclic) bond motifs is 1. The lowest BCUT2D eigenvalue weighted by atomic mass is 9.89. The molecule has 1 aliphatic rings. The summed E-state index contributed by atoms with van der Waals surface area (Å²) in [4.78, 5) is 8.10. The van der Waals surface area contributed by atoms with Crippen LogP contribution in [0.4, 0.5) is 0 Å². The Labute approximate surface area is 157 Å². The predicted molar refractivity (Wildman–Crippen MR) is 110 cm³/mol. The highest BCUT2D eigenvalue weighted by atomic mass is 28.3. The highest BCUT2D eigenvalue weighted by Crippen LogP contribution is 2.34.